The summed E-state index contributed by atoms with van der Waals surface area (Å²) < 4.78 is 24.1. The van der Waals surface area contributed by atoms with Gasteiger partial charge in [0.2, 0.25) is 0 Å². The highest BCUT2D eigenvalue weighted by atomic mass is 32.2. The lowest BCUT2D eigenvalue weighted by Gasteiger charge is -1.94. The summed E-state index contributed by atoms with van der Waals surface area (Å²) in [7, 11) is 0. The van der Waals surface area contributed by atoms with Gasteiger partial charge in [0, 0.05) is 5.69 Å². The van der Waals surface area contributed by atoms with Crippen LogP contribution in [0.2, 0.25) is 0 Å². The number of para-hydroxylation sites is 1. The van der Waals surface area contributed by atoms with Crippen molar-refractivity contribution >= 4 is 17.0 Å². The van der Waals surface area contributed by atoms with Crippen LogP contribution in [0.25, 0.3) is 0 Å². The Kier molecular flexibility index (Phi) is 6.21. The zero-order chi connectivity index (χ0) is 9.40. The number of nitrogens with two attached hydrogens (primary N) is 1. The number of nitrogens with one attached hydrogen (secondary N) is 1. The molecule has 0 heterocycles. The maximum Gasteiger partial charge on any atom is 0.0814 e. The van der Waals surface area contributed by atoms with Crippen LogP contribution in [0.15, 0.2) is 30.3 Å². The van der Waals surface area contributed by atoms with E-state index in [1.165, 1.54) is 0 Å². The minimum atomic E-state index is -2.86. The largest absolute Gasteiger partial charge is 0.750 e. The molecular formula is C6H9N2O3S-. The van der Waals surface area contributed by atoms with Crippen molar-refractivity contribution in [3.05, 3.63) is 30.3 Å². The van der Waals surface area contributed by atoms with Crippen LogP contribution >= 0.6 is 0 Å². The van der Waals surface area contributed by atoms with E-state index in [1.807, 2.05) is 30.3 Å². The summed E-state index contributed by atoms with van der Waals surface area (Å²) >= 11 is -2.86. The van der Waals surface area contributed by atoms with E-state index >= 15 is 0 Å². The molecule has 1 rings (SSSR count). The molecule has 0 spiro atoms. The first kappa shape index (κ1) is 11.1. The fourth-order valence-corrected chi connectivity index (χ4v) is 0.534. The molecule has 0 aliphatic heterocycles. The fraction of sp³-hybridized carbons (Fsp3) is 0. The summed E-state index contributed by atoms with van der Waals surface area (Å²) in [6.07, 6.45) is 0. The maximum atomic E-state index is 8.56. The van der Waals surface area contributed by atoms with Gasteiger partial charge in [0.25, 0.3) is 0 Å². The van der Waals surface area contributed by atoms with Gasteiger partial charge in [0.15, 0.2) is 0 Å². The van der Waals surface area contributed by atoms with E-state index in [4.69, 9.17) is 19.2 Å². The molecule has 0 bridgehead atoms. The van der Waals surface area contributed by atoms with Crippen LogP contribution < -0.4 is 11.3 Å². The number of hydrogen-bond donors (Lipinski definition) is 3. The van der Waals surface area contributed by atoms with E-state index < -0.39 is 11.4 Å². The van der Waals surface area contributed by atoms with Gasteiger partial charge in [-0.3, -0.25) is 5.84 Å². The second-order valence-electron chi connectivity index (χ2n) is 1.73. The van der Waals surface area contributed by atoms with Crippen molar-refractivity contribution in [2.45, 2.75) is 0 Å². The Hall–Kier alpha value is -0.950. The number of benzene rings is 1. The molecule has 0 saturated heterocycles. The molecule has 0 fully saturated rings. The Morgan fingerprint density at radius 2 is 1.83 bits per heavy atom. The third kappa shape index (κ3) is 7.16. The molecular weight excluding hydrogens is 180 g/mol. The van der Waals surface area contributed by atoms with Crippen molar-refractivity contribution < 1.29 is 13.3 Å². The first-order valence-corrected chi connectivity index (χ1v) is 4.00. The van der Waals surface area contributed by atoms with Gasteiger partial charge in [0.05, 0.1) is 11.4 Å². The van der Waals surface area contributed by atoms with Gasteiger partial charge in [-0.1, -0.05) is 18.2 Å². The number of anilines is 1. The molecule has 0 aromatic heterocycles. The third-order valence-electron chi connectivity index (χ3n) is 0.940. The van der Waals surface area contributed by atoms with Gasteiger partial charge in [-0.05, 0) is 12.1 Å². The second-order valence-corrected chi connectivity index (χ2v) is 2.16. The van der Waals surface area contributed by atoms with Crippen LogP contribution in [0.3, 0.4) is 0 Å². The quantitative estimate of drug-likeness (QED) is 0.335. The first-order valence-electron chi connectivity index (χ1n) is 2.97. The highest BCUT2D eigenvalue weighted by Gasteiger charge is 1.78. The van der Waals surface area contributed by atoms with Crippen molar-refractivity contribution in [1.29, 1.82) is 0 Å². The Morgan fingerprint density at radius 3 is 2.08 bits per heavy atom. The normalized spacial score (nSPS) is 10.9. The third-order valence-corrected chi connectivity index (χ3v) is 0.940. The molecule has 0 aliphatic rings. The molecule has 6 heteroatoms. The van der Waals surface area contributed by atoms with E-state index in [-0.39, 0.29) is 0 Å². The lowest BCUT2D eigenvalue weighted by atomic mass is 10.3. The highest BCUT2D eigenvalue weighted by Crippen LogP contribution is 2.00. The maximum absolute atomic E-state index is 8.56. The zero-order valence-electron chi connectivity index (χ0n) is 6.14. The highest BCUT2D eigenvalue weighted by molar-refractivity contribution is 7.73. The topological polar surface area (TPSA) is 98.4 Å². The van der Waals surface area contributed by atoms with Crippen LogP contribution in [0, 0.1) is 0 Å². The monoisotopic (exact) mass is 189 g/mol. The lowest BCUT2D eigenvalue weighted by Crippen LogP contribution is -2.05. The molecule has 1 aromatic carbocycles. The Labute approximate surface area is 72.7 Å². The van der Waals surface area contributed by atoms with Gasteiger partial charge in [-0.15, -0.1) is 0 Å². The van der Waals surface area contributed by atoms with Crippen molar-refractivity contribution in [3.63, 3.8) is 0 Å². The number of rotatable bonds is 1. The molecule has 5 nitrogen and oxygen atoms in total. The number of nitrogen functional groups attached to an aromatic ring is 1. The molecule has 0 aliphatic carbocycles. The molecule has 0 amide bonds. The zero-order valence-corrected chi connectivity index (χ0v) is 6.95. The second kappa shape index (κ2) is 6.74. The molecule has 1 aromatic rings. The van der Waals surface area contributed by atoms with E-state index in [1.54, 1.807) is 0 Å². The lowest BCUT2D eigenvalue weighted by molar-refractivity contribution is 0.436. The summed E-state index contributed by atoms with van der Waals surface area (Å²) in [5.74, 6) is 5.10. The van der Waals surface area contributed by atoms with Gasteiger partial charge in [0.1, 0.15) is 0 Å². The fourth-order valence-electron chi connectivity index (χ4n) is 0.534. The Morgan fingerprint density at radius 1 is 1.42 bits per heavy atom. The van der Waals surface area contributed by atoms with Gasteiger partial charge < -0.3 is 14.5 Å². The minimum Gasteiger partial charge on any atom is -0.750 e. The van der Waals surface area contributed by atoms with Crippen LogP contribution in [-0.4, -0.2) is 13.3 Å². The molecule has 68 valence electrons. The molecule has 1 atom stereocenters. The molecule has 4 N–H and O–H groups in total. The van der Waals surface area contributed by atoms with Crippen LogP contribution in [0.4, 0.5) is 5.69 Å². The van der Waals surface area contributed by atoms with Crippen LogP contribution in [-0.2, 0) is 11.4 Å². The van der Waals surface area contributed by atoms with E-state index in [2.05, 4.69) is 5.43 Å². The molecule has 1 unspecified atom stereocenters. The van der Waals surface area contributed by atoms with E-state index in [0.29, 0.717) is 0 Å². The summed E-state index contributed by atoms with van der Waals surface area (Å²) in [5.41, 5.74) is 3.46. The average molecular weight is 189 g/mol. The van der Waals surface area contributed by atoms with Gasteiger partial charge in [-0.25, -0.2) is 4.21 Å². The average Bonchev–Trinajstić information content (AvgIpc) is 2.05. The summed E-state index contributed by atoms with van der Waals surface area (Å²) in [6.45, 7) is 0. The Bertz CT molecular complexity index is 225. The SMILES string of the molecule is NNc1ccccc1.O=S([O-])O. The molecule has 12 heavy (non-hydrogen) atoms. The predicted molar refractivity (Wildman–Crippen MR) is 45.8 cm³/mol. The van der Waals surface area contributed by atoms with E-state index in [9.17, 15) is 0 Å². The van der Waals surface area contributed by atoms with Crippen molar-refractivity contribution in [2.24, 2.45) is 5.84 Å². The first-order chi connectivity index (χ1) is 5.66. The van der Waals surface area contributed by atoms with Crippen LogP contribution in [0.1, 0.15) is 0 Å². The standard InChI is InChI=1S/C6H8N2.H2O3S/c7-8-6-4-2-1-3-5-6;1-4(2)3/h1-5,8H,7H2;(H2,1,2,3)/p-1. The number of hydrogen-bond acceptors (Lipinski definition) is 4. The van der Waals surface area contributed by atoms with E-state index in [0.717, 1.165) is 5.69 Å². The summed E-state index contributed by atoms with van der Waals surface area (Å²) in [5, 5.41) is 0. The predicted octanol–water partition coefficient (Wildman–Crippen LogP) is 0.311. The molecule has 0 saturated carbocycles. The minimum absolute atomic E-state index is 0.938. The summed E-state index contributed by atoms with van der Waals surface area (Å²) in [4.78, 5) is 0. The van der Waals surface area contributed by atoms with Crippen molar-refractivity contribution in [3.8, 4) is 0 Å². The van der Waals surface area contributed by atoms with Crippen molar-refractivity contribution in [2.75, 3.05) is 5.43 Å². The van der Waals surface area contributed by atoms with Crippen LogP contribution in [0.5, 0.6) is 0 Å². The summed E-state index contributed by atoms with van der Waals surface area (Å²) in [6, 6.07) is 9.60. The Balaban J connectivity index is 0.000000261. The van der Waals surface area contributed by atoms with Crippen molar-refractivity contribution in [1.82, 2.24) is 0 Å². The number of hydrazine groups is 1. The molecule has 0 radical (unpaired) electrons. The van der Waals surface area contributed by atoms with Gasteiger partial charge >= 0.3 is 0 Å². The smallest absolute Gasteiger partial charge is 0.0814 e. The van der Waals surface area contributed by atoms with Gasteiger partial charge in [-0.2, -0.15) is 0 Å².